The topological polar surface area (TPSA) is 63.2 Å². The van der Waals surface area contributed by atoms with E-state index in [9.17, 15) is 9.18 Å². The van der Waals surface area contributed by atoms with Crippen molar-refractivity contribution in [2.24, 2.45) is 0 Å². The highest BCUT2D eigenvalue weighted by molar-refractivity contribution is 5.90. The zero-order valence-electron chi connectivity index (χ0n) is 17.5. The smallest absolute Gasteiger partial charge is 0.338 e. The SMILES string of the molecule is COC(=O)c1cc(F)c(OCc2ccc(OC)cc2)c(OCc2ccc(OC)cc2)c1. The first kappa shape index (κ1) is 22.0. The molecule has 0 heterocycles. The number of carbonyl (C=O) groups is 1. The Morgan fingerprint density at radius 3 is 1.77 bits per heavy atom. The van der Waals surface area contributed by atoms with Gasteiger partial charge in [-0.05, 0) is 47.5 Å². The molecule has 0 aliphatic heterocycles. The van der Waals surface area contributed by atoms with Crippen molar-refractivity contribution in [2.45, 2.75) is 13.2 Å². The van der Waals surface area contributed by atoms with Crippen LogP contribution in [0.3, 0.4) is 0 Å². The van der Waals surface area contributed by atoms with E-state index in [1.54, 1.807) is 38.5 Å². The minimum Gasteiger partial charge on any atom is -0.497 e. The van der Waals surface area contributed by atoms with Crippen LogP contribution in [-0.2, 0) is 18.0 Å². The molecule has 0 bridgehead atoms. The van der Waals surface area contributed by atoms with Crippen molar-refractivity contribution in [3.63, 3.8) is 0 Å². The summed E-state index contributed by atoms with van der Waals surface area (Å²) in [6.45, 7) is 0.254. The summed E-state index contributed by atoms with van der Waals surface area (Å²) >= 11 is 0. The van der Waals surface area contributed by atoms with Gasteiger partial charge in [0, 0.05) is 0 Å². The third-order valence-corrected chi connectivity index (χ3v) is 4.53. The van der Waals surface area contributed by atoms with E-state index >= 15 is 0 Å². The first-order valence-corrected chi connectivity index (χ1v) is 9.47. The van der Waals surface area contributed by atoms with Crippen LogP contribution < -0.4 is 18.9 Å². The van der Waals surface area contributed by atoms with E-state index in [-0.39, 0.29) is 30.3 Å². The van der Waals surface area contributed by atoms with Gasteiger partial charge < -0.3 is 23.7 Å². The van der Waals surface area contributed by atoms with E-state index in [0.29, 0.717) is 11.5 Å². The van der Waals surface area contributed by atoms with E-state index < -0.39 is 11.8 Å². The molecule has 0 spiro atoms. The lowest BCUT2D eigenvalue weighted by atomic mass is 10.2. The van der Waals surface area contributed by atoms with Crippen LogP contribution >= 0.6 is 0 Å². The van der Waals surface area contributed by atoms with Crippen LogP contribution in [0.5, 0.6) is 23.0 Å². The Morgan fingerprint density at radius 2 is 1.29 bits per heavy atom. The predicted octanol–water partition coefficient (Wildman–Crippen LogP) is 4.79. The van der Waals surface area contributed by atoms with Crippen molar-refractivity contribution in [1.29, 1.82) is 0 Å². The van der Waals surface area contributed by atoms with Gasteiger partial charge in [0.05, 0.1) is 26.9 Å². The van der Waals surface area contributed by atoms with Crippen LogP contribution in [-0.4, -0.2) is 27.3 Å². The maximum Gasteiger partial charge on any atom is 0.338 e. The Hall–Kier alpha value is -3.74. The Balaban J connectivity index is 1.82. The third kappa shape index (κ3) is 5.66. The van der Waals surface area contributed by atoms with Crippen molar-refractivity contribution in [1.82, 2.24) is 0 Å². The number of methoxy groups -OCH3 is 3. The van der Waals surface area contributed by atoms with Gasteiger partial charge in [0.1, 0.15) is 24.7 Å². The van der Waals surface area contributed by atoms with E-state index in [1.165, 1.54) is 13.2 Å². The van der Waals surface area contributed by atoms with Crippen LogP contribution in [0.2, 0.25) is 0 Å². The number of esters is 1. The summed E-state index contributed by atoms with van der Waals surface area (Å²) in [6.07, 6.45) is 0. The summed E-state index contributed by atoms with van der Waals surface area (Å²) in [5.74, 6) is 0.0460. The molecule has 3 aromatic carbocycles. The van der Waals surface area contributed by atoms with E-state index in [2.05, 4.69) is 0 Å². The molecular formula is C24H23FO6. The number of rotatable bonds is 9. The van der Waals surface area contributed by atoms with Gasteiger partial charge in [-0.15, -0.1) is 0 Å². The molecule has 0 saturated carbocycles. The summed E-state index contributed by atoms with van der Waals surface area (Å²) in [5.41, 5.74) is 1.69. The normalized spacial score (nSPS) is 10.3. The fourth-order valence-electron chi connectivity index (χ4n) is 2.81. The Kier molecular flexibility index (Phi) is 7.32. The highest BCUT2D eigenvalue weighted by Crippen LogP contribution is 2.34. The predicted molar refractivity (Wildman–Crippen MR) is 112 cm³/mol. The standard InChI is InChI=1S/C24H23FO6/c1-27-19-8-4-16(5-9-19)14-30-22-13-18(24(26)29-3)12-21(25)23(22)31-15-17-6-10-20(28-2)11-7-17/h4-13H,14-15H2,1-3H3. The molecule has 0 aromatic heterocycles. The summed E-state index contributed by atoms with van der Waals surface area (Å²) in [6, 6.07) is 16.9. The zero-order chi connectivity index (χ0) is 22.2. The number of hydrogen-bond acceptors (Lipinski definition) is 6. The summed E-state index contributed by atoms with van der Waals surface area (Å²) < 4.78 is 41.3. The Bertz CT molecular complexity index is 1020. The minimum absolute atomic E-state index is 0.0292. The minimum atomic E-state index is -0.721. The second kappa shape index (κ2) is 10.3. The maximum absolute atomic E-state index is 14.8. The first-order valence-electron chi connectivity index (χ1n) is 9.47. The summed E-state index contributed by atoms with van der Waals surface area (Å²) in [5, 5.41) is 0. The lowest BCUT2D eigenvalue weighted by Gasteiger charge is -2.15. The molecule has 0 unspecified atom stereocenters. The molecule has 0 aliphatic rings. The van der Waals surface area contributed by atoms with Crippen LogP contribution in [0.25, 0.3) is 0 Å². The molecular weight excluding hydrogens is 403 g/mol. The fourth-order valence-corrected chi connectivity index (χ4v) is 2.81. The number of benzene rings is 3. The Morgan fingerprint density at radius 1 is 0.774 bits per heavy atom. The number of carbonyl (C=O) groups excluding carboxylic acids is 1. The quantitative estimate of drug-likeness (QED) is 0.459. The molecule has 7 heteroatoms. The monoisotopic (exact) mass is 426 g/mol. The van der Waals surface area contributed by atoms with Crippen LogP contribution in [0.1, 0.15) is 21.5 Å². The van der Waals surface area contributed by atoms with Crippen molar-refractivity contribution < 1.29 is 32.9 Å². The fraction of sp³-hybridized carbons (Fsp3) is 0.208. The largest absolute Gasteiger partial charge is 0.497 e. The number of hydrogen-bond donors (Lipinski definition) is 0. The number of ether oxygens (including phenoxy) is 5. The van der Waals surface area contributed by atoms with Crippen molar-refractivity contribution in [3.05, 3.63) is 83.2 Å². The molecule has 3 rings (SSSR count). The molecule has 0 amide bonds. The van der Waals surface area contributed by atoms with Crippen molar-refractivity contribution in [3.8, 4) is 23.0 Å². The highest BCUT2D eigenvalue weighted by Gasteiger charge is 2.18. The average Bonchev–Trinajstić information content (AvgIpc) is 2.81. The summed E-state index contributed by atoms with van der Waals surface area (Å²) in [7, 11) is 4.39. The van der Waals surface area contributed by atoms with Crippen LogP contribution in [0, 0.1) is 5.82 Å². The third-order valence-electron chi connectivity index (χ3n) is 4.53. The van der Waals surface area contributed by atoms with Crippen molar-refractivity contribution in [2.75, 3.05) is 21.3 Å². The molecule has 6 nitrogen and oxygen atoms in total. The molecule has 0 radical (unpaired) electrons. The molecule has 0 saturated heterocycles. The van der Waals surface area contributed by atoms with Gasteiger partial charge >= 0.3 is 5.97 Å². The van der Waals surface area contributed by atoms with Crippen LogP contribution in [0.15, 0.2) is 60.7 Å². The molecule has 0 fully saturated rings. The average molecular weight is 426 g/mol. The highest BCUT2D eigenvalue weighted by atomic mass is 19.1. The second-order valence-corrected chi connectivity index (χ2v) is 6.55. The molecule has 162 valence electrons. The van der Waals surface area contributed by atoms with E-state index in [0.717, 1.165) is 17.2 Å². The second-order valence-electron chi connectivity index (χ2n) is 6.55. The lowest BCUT2D eigenvalue weighted by molar-refractivity contribution is 0.0599. The van der Waals surface area contributed by atoms with Gasteiger partial charge in [0.15, 0.2) is 17.3 Å². The Labute approximate surface area is 180 Å². The van der Waals surface area contributed by atoms with Gasteiger partial charge in [-0.25, -0.2) is 9.18 Å². The summed E-state index contributed by atoms with van der Waals surface area (Å²) in [4.78, 5) is 11.9. The van der Waals surface area contributed by atoms with Gasteiger partial charge in [-0.2, -0.15) is 0 Å². The van der Waals surface area contributed by atoms with E-state index in [1.807, 2.05) is 24.3 Å². The van der Waals surface area contributed by atoms with Crippen LogP contribution in [0.4, 0.5) is 4.39 Å². The van der Waals surface area contributed by atoms with Gasteiger partial charge in [-0.1, -0.05) is 24.3 Å². The zero-order valence-corrected chi connectivity index (χ0v) is 17.5. The molecule has 0 atom stereocenters. The molecule has 0 N–H and O–H groups in total. The molecule has 3 aromatic rings. The van der Waals surface area contributed by atoms with Gasteiger partial charge in [0.2, 0.25) is 0 Å². The molecule has 0 aliphatic carbocycles. The first-order chi connectivity index (χ1) is 15.0. The van der Waals surface area contributed by atoms with E-state index in [4.69, 9.17) is 23.7 Å². The number of halogens is 1. The van der Waals surface area contributed by atoms with Gasteiger partial charge in [-0.3, -0.25) is 0 Å². The maximum atomic E-state index is 14.8. The van der Waals surface area contributed by atoms with Crippen molar-refractivity contribution >= 4 is 5.97 Å². The molecule has 31 heavy (non-hydrogen) atoms. The van der Waals surface area contributed by atoms with Gasteiger partial charge in [0.25, 0.3) is 0 Å². The lowest BCUT2D eigenvalue weighted by Crippen LogP contribution is -2.07.